The number of para-hydroxylation sites is 2. The quantitative estimate of drug-likeness (QED) is 0.733. The van der Waals surface area contributed by atoms with Gasteiger partial charge in [-0.3, -0.25) is 4.79 Å². The number of hydrogen-bond donors (Lipinski definition) is 2. The topological polar surface area (TPSA) is 67.0 Å². The van der Waals surface area contributed by atoms with Gasteiger partial charge in [0.15, 0.2) is 6.10 Å². The van der Waals surface area contributed by atoms with Gasteiger partial charge >= 0.3 is 0 Å². The lowest BCUT2D eigenvalue weighted by molar-refractivity contribution is -0.127. The molecule has 0 bridgehead atoms. The van der Waals surface area contributed by atoms with E-state index in [9.17, 15) is 4.79 Å². The van der Waals surface area contributed by atoms with Gasteiger partial charge in [-0.05, 0) is 38.1 Å². The van der Waals surface area contributed by atoms with Crippen molar-refractivity contribution in [2.24, 2.45) is 0 Å². The van der Waals surface area contributed by atoms with Crippen LogP contribution in [0.2, 0.25) is 0 Å². The van der Waals surface area contributed by atoms with Crippen LogP contribution in [-0.4, -0.2) is 28.5 Å². The van der Waals surface area contributed by atoms with Crippen molar-refractivity contribution in [2.45, 2.75) is 26.4 Å². The molecule has 0 unspecified atom stereocenters. The molecule has 5 heteroatoms. The first kappa shape index (κ1) is 16.1. The summed E-state index contributed by atoms with van der Waals surface area (Å²) in [5, 5.41) is 2.88. The number of amides is 1. The van der Waals surface area contributed by atoms with Crippen molar-refractivity contribution in [2.75, 3.05) is 6.54 Å². The maximum Gasteiger partial charge on any atom is 0.260 e. The van der Waals surface area contributed by atoms with E-state index < -0.39 is 6.10 Å². The van der Waals surface area contributed by atoms with Gasteiger partial charge in [0, 0.05) is 13.0 Å². The number of aryl methyl sites for hydroxylation is 1. The number of imidazole rings is 1. The smallest absolute Gasteiger partial charge is 0.260 e. The van der Waals surface area contributed by atoms with Crippen molar-refractivity contribution in [1.29, 1.82) is 0 Å². The lowest BCUT2D eigenvalue weighted by Gasteiger charge is -2.14. The number of aromatic nitrogens is 2. The zero-order chi connectivity index (χ0) is 16.9. The van der Waals surface area contributed by atoms with Crippen LogP contribution in [-0.2, 0) is 11.2 Å². The first-order valence-electron chi connectivity index (χ1n) is 8.06. The largest absolute Gasteiger partial charge is 0.481 e. The number of carbonyl (C=O) groups excluding carboxylic acids is 1. The molecule has 1 amide bonds. The Labute approximate surface area is 141 Å². The van der Waals surface area contributed by atoms with Crippen molar-refractivity contribution in [1.82, 2.24) is 15.3 Å². The Bertz CT molecular complexity index is 791. The van der Waals surface area contributed by atoms with E-state index in [0.29, 0.717) is 18.7 Å². The van der Waals surface area contributed by atoms with Gasteiger partial charge in [0.1, 0.15) is 11.6 Å². The highest BCUT2D eigenvalue weighted by Gasteiger charge is 2.14. The van der Waals surface area contributed by atoms with Crippen LogP contribution in [0, 0.1) is 6.92 Å². The lowest BCUT2D eigenvalue weighted by atomic mass is 10.2. The molecule has 24 heavy (non-hydrogen) atoms. The van der Waals surface area contributed by atoms with Gasteiger partial charge in [0.05, 0.1) is 11.0 Å². The molecular formula is C19H21N3O2. The number of H-pyrrole nitrogens is 1. The van der Waals surface area contributed by atoms with Crippen LogP contribution in [0.15, 0.2) is 48.5 Å². The van der Waals surface area contributed by atoms with E-state index in [1.807, 2.05) is 55.5 Å². The van der Waals surface area contributed by atoms with Crippen LogP contribution >= 0.6 is 0 Å². The van der Waals surface area contributed by atoms with E-state index >= 15 is 0 Å². The Balaban J connectivity index is 1.48. The third-order valence-corrected chi connectivity index (χ3v) is 3.80. The van der Waals surface area contributed by atoms with Crippen molar-refractivity contribution in [3.63, 3.8) is 0 Å². The number of ether oxygens (including phenoxy) is 1. The van der Waals surface area contributed by atoms with Gasteiger partial charge in [0.2, 0.25) is 0 Å². The van der Waals surface area contributed by atoms with Gasteiger partial charge in [-0.25, -0.2) is 4.98 Å². The fraction of sp³-hybridized carbons (Fsp3) is 0.263. The molecule has 1 aromatic heterocycles. The second kappa shape index (κ2) is 7.17. The highest BCUT2D eigenvalue weighted by Crippen LogP contribution is 2.13. The minimum Gasteiger partial charge on any atom is -0.481 e. The molecule has 2 N–H and O–H groups in total. The summed E-state index contributed by atoms with van der Waals surface area (Å²) in [6.45, 7) is 4.27. The summed E-state index contributed by atoms with van der Waals surface area (Å²) in [4.78, 5) is 19.9. The van der Waals surface area contributed by atoms with Crippen LogP contribution in [0.5, 0.6) is 5.75 Å². The average Bonchev–Trinajstić information content (AvgIpc) is 2.99. The summed E-state index contributed by atoms with van der Waals surface area (Å²) >= 11 is 0. The monoisotopic (exact) mass is 323 g/mol. The zero-order valence-electron chi connectivity index (χ0n) is 13.9. The van der Waals surface area contributed by atoms with Crippen molar-refractivity contribution in [3.05, 3.63) is 59.9 Å². The van der Waals surface area contributed by atoms with E-state index in [4.69, 9.17) is 4.74 Å². The molecule has 5 nitrogen and oxygen atoms in total. The highest BCUT2D eigenvalue weighted by atomic mass is 16.5. The number of aromatic amines is 1. The summed E-state index contributed by atoms with van der Waals surface area (Å²) in [5.74, 6) is 1.43. The molecule has 1 atom stereocenters. The Morgan fingerprint density at radius 2 is 1.96 bits per heavy atom. The van der Waals surface area contributed by atoms with Gasteiger partial charge in [-0.15, -0.1) is 0 Å². The van der Waals surface area contributed by atoms with Crippen molar-refractivity contribution < 1.29 is 9.53 Å². The number of nitrogens with zero attached hydrogens (tertiary/aromatic N) is 1. The normalized spacial score (nSPS) is 12.1. The molecule has 124 valence electrons. The molecule has 0 saturated heterocycles. The lowest BCUT2D eigenvalue weighted by Crippen LogP contribution is -2.37. The molecule has 1 heterocycles. The predicted octanol–water partition coefficient (Wildman–Crippen LogP) is 3.00. The molecule has 0 spiro atoms. The van der Waals surface area contributed by atoms with Gasteiger partial charge < -0.3 is 15.0 Å². The first-order valence-corrected chi connectivity index (χ1v) is 8.06. The summed E-state index contributed by atoms with van der Waals surface area (Å²) < 4.78 is 5.65. The first-order chi connectivity index (χ1) is 11.6. The molecule has 3 aromatic rings. The number of fused-ring (bicyclic) bond motifs is 1. The molecule has 0 radical (unpaired) electrons. The number of carbonyl (C=O) groups is 1. The second-order valence-corrected chi connectivity index (χ2v) is 5.81. The SMILES string of the molecule is Cc1ccc(O[C@@H](C)C(=O)NCCc2nc3ccccc3[nH]2)cc1. The Kier molecular flexibility index (Phi) is 4.79. The van der Waals surface area contributed by atoms with Crippen LogP contribution in [0.1, 0.15) is 18.3 Å². The van der Waals surface area contributed by atoms with E-state index in [1.165, 1.54) is 0 Å². The molecule has 0 aliphatic carbocycles. The molecule has 0 aliphatic rings. The molecule has 2 aromatic carbocycles. The maximum atomic E-state index is 12.1. The predicted molar refractivity (Wildman–Crippen MR) is 94.1 cm³/mol. The molecule has 3 rings (SSSR count). The second-order valence-electron chi connectivity index (χ2n) is 5.81. The fourth-order valence-electron chi connectivity index (χ4n) is 2.45. The van der Waals surface area contributed by atoms with Gasteiger partial charge in [-0.2, -0.15) is 0 Å². The summed E-state index contributed by atoms with van der Waals surface area (Å²) in [6.07, 6.45) is 0.112. The van der Waals surface area contributed by atoms with Crippen LogP contribution in [0.25, 0.3) is 11.0 Å². The molecule has 0 aliphatic heterocycles. The van der Waals surface area contributed by atoms with Crippen LogP contribution in [0.3, 0.4) is 0 Å². The minimum absolute atomic E-state index is 0.133. The van der Waals surface area contributed by atoms with E-state index in [2.05, 4.69) is 15.3 Å². The molecule has 0 fully saturated rings. The third-order valence-electron chi connectivity index (χ3n) is 3.80. The number of rotatable bonds is 6. The van der Waals surface area contributed by atoms with Crippen LogP contribution < -0.4 is 10.1 Å². The van der Waals surface area contributed by atoms with E-state index in [-0.39, 0.29) is 5.91 Å². The Morgan fingerprint density at radius 1 is 1.21 bits per heavy atom. The van der Waals surface area contributed by atoms with Gasteiger partial charge in [-0.1, -0.05) is 29.8 Å². The third kappa shape index (κ3) is 3.93. The highest BCUT2D eigenvalue weighted by molar-refractivity contribution is 5.80. The zero-order valence-corrected chi connectivity index (χ0v) is 13.9. The Hall–Kier alpha value is -2.82. The number of hydrogen-bond acceptors (Lipinski definition) is 3. The van der Waals surface area contributed by atoms with Crippen molar-refractivity contribution in [3.8, 4) is 5.75 Å². The fourth-order valence-corrected chi connectivity index (χ4v) is 2.45. The summed E-state index contributed by atoms with van der Waals surface area (Å²) in [7, 11) is 0. The number of nitrogens with one attached hydrogen (secondary N) is 2. The summed E-state index contributed by atoms with van der Waals surface area (Å²) in [6, 6.07) is 15.5. The molecule has 0 saturated carbocycles. The average molecular weight is 323 g/mol. The standard InChI is InChI=1S/C19H21N3O2/c1-13-7-9-15(10-8-13)24-14(2)19(23)20-12-11-18-21-16-5-3-4-6-17(16)22-18/h3-10,14H,11-12H2,1-2H3,(H,20,23)(H,21,22)/t14-/m0/s1. The van der Waals surface area contributed by atoms with E-state index in [1.54, 1.807) is 6.92 Å². The van der Waals surface area contributed by atoms with Gasteiger partial charge in [0.25, 0.3) is 5.91 Å². The van der Waals surface area contributed by atoms with Crippen LogP contribution in [0.4, 0.5) is 0 Å². The van der Waals surface area contributed by atoms with E-state index in [0.717, 1.165) is 22.4 Å². The summed E-state index contributed by atoms with van der Waals surface area (Å²) in [5.41, 5.74) is 3.11. The van der Waals surface area contributed by atoms with Crippen molar-refractivity contribution >= 4 is 16.9 Å². The molecular weight excluding hydrogens is 302 g/mol. The Morgan fingerprint density at radius 3 is 2.71 bits per heavy atom. The minimum atomic E-state index is -0.539. The number of benzene rings is 2. The maximum absolute atomic E-state index is 12.1.